The van der Waals surface area contributed by atoms with Gasteiger partial charge in [-0.3, -0.25) is 14.9 Å². The number of benzene rings is 1. The van der Waals surface area contributed by atoms with Crippen molar-refractivity contribution in [1.82, 2.24) is 5.32 Å². The Kier molecular flexibility index (Phi) is 3.45. The van der Waals surface area contributed by atoms with Crippen LogP contribution in [0.25, 0.3) is 0 Å². The van der Waals surface area contributed by atoms with E-state index in [1.54, 1.807) is 19.2 Å². The van der Waals surface area contributed by atoms with E-state index in [4.69, 9.17) is 0 Å². The first kappa shape index (κ1) is 12.3. The Morgan fingerprint density at radius 2 is 2.17 bits per heavy atom. The molecule has 1 fully saturated rings. The second-order valence-electron chi connectivity index (χ2n) is 4.34. The summed E-state index contributed by atoms with van der Waals surface area (Å²) in [5, 5.41) is 16.5. The Hall–Kier alpha value is -2.11. The molecule has 1 aromatic rings. The van der Waals surface area contributed by atoms with Gasteiger partial charge in [0.15, 0.2) is 0 Å². The minimum absolute atomic E-state index is 0.0845. The highest BCUT2D eigenvalue weighted by Crippen LogP contribution is 2.25. The Balaban J connectivity index is 2.19. The fourth-order valence-electron chi connectivity index (χ4n) is 1.86. The molecule has 0 bridgehead atoms. The molecule has 18 heavy (non-hydrogen) atoms. The molecule has 0 spiro atoms. The van der Waals surface area contributed by atoms with Crippen molar-refractivity contribution in [3.8, 4) is 0 Å². The molecule has 6 nitrogen and oxygen atoms in total. The number of amides is 1. The molecular formula is C12H15N3O3. The summed E-state index contributed by atoms with van der Waals surface area (Å²) in [5.41, 5.74) is 0.645. The maximum absolute atomic E-state index is 11.9. The molecule has 0 unspecified atom stereocenters. The number of hydrogen-bond acceptors (Lipinski definition) is 4. The van der Waals surface area contributed by atoms with Gasteiger partial charge in [-0.15, -0.1) is 0 Å². The van der Waals surface area contributed by atoms with Crippen molar-refractivity contribution in [3.63, 3.8) is 0 Å². The summed E-state index contributed by atoms with van der Waals surface area (Å²) in [6.07, 6.45) is 3.11. The molecule has 1 aliphatic carbocycles. The van der Waals surface area contributed by atoms with E-state index in [9.17, 15) is 14.9 Å². The lowest BCUT2D eigenvalue weighted by Gasteiger charge is -2.26. The molecule has 2 N–H and O–H groups in total. The Morgan fingerprint density at radius 1 is 1.44 bits per heavy atom. The number of hydrogen-bond donors (Lipinski definition) is 2. The van der Waals surface area contributed by atoms with Crippen molar-refractivity contribution < 1.29 is 9.72 Å². The van der Waals surface area contributed by atoms with Crippen LogP contribution in [0, 0.1) is 10.1 Å². The van der Waals surface area contributed by atoms with Crippen LogP contribution in [-0.4, -0.2) is 23.9 Å². The third-order valence-corrected chi connectivity index (χ3v) is 3.17. The van der Waals surface area contributed by atoms with Gasteiger partial charge in [-0.2, -0.15) is 0 Å². The number of carbonyl (C=O) groups excluding carboxylic acids is 1. The average Bonchev–Trinajstić information content (AvgIpc) is 2.32. The maximum Gasteiger partial charge on any atom is 0.293 e. The van der Waals surface area contributed by atoms with Gasteiger partial charge in [-0.1, -0.05) is 0 Å². The zero-order valence-corrected chi connectivity index (χ0v) is 10.1. The Labute approximate surface area is 105 Å². The molecule has 0 aliphatic heterocycles. The van der Waals surface area contributed by atoms with Crippen molar-refractivity contribution in [2.45, 2.75) is 25.3 Å². The summed E-state index contributed by atoms with van der Waals surface area (Å²) in [4.78, 5) is 22.3. The van der Waals surface area contributed by atoms with Crippen molar-refractivity contribution >= 4 is 17.3 Å². The topological polar surface area (TPSA) is 84.3 Å². The molecule has 6 heteroatoms. The molecule has 0 saturated heterocycles. The van der Waals surface area contributed by atoms with Gasteiger partial charge < -0.3 is 10.6 Å². The van der Waals surface area contributed by atoms with E-state index in [-0.39, 0.29) is 17.6 Å². The first-order valence-corrected chi connectivity index (χ1v) is 5.89. The smallest absolute Gasteiger partial charge is 0.293 e. The summed E-state index contributed by atoms with van der Waals surface area (Å²) in [6, 6.07) is 4.67. The molecular weight excluding hydrogens is 234 g/mol. The largest absolute Gasteiger partial charge is 0.383 e. The average molecular weight is 249 g/mol. The van der Waals surface area contributed by atoms with Crippen molar-refractivity contribution in [1.29, 1.82) is 0 Å². The molecule has 2 rings (SSSR count). The number of nitrogens with one attached hydrogen (secondary N) is 2. The number of nitro benzene ring substituents is 1. The predicted octanol–water partition coefficient (Wildman–Crippen LogP) is 1.92. The van der Waals surface area contributed by atoms with Crippen LogP contribution in [0.5, 0.6) is 0 Å². The zero-order valence-electron chi connectivity index (χ0n) is 10.1. The summed E-state index contributed by atoms with van der Waals surface area (Å²) in [5.74, 6) is -0.245. The van der Waals surface area contributed by atoms with E-state index < -0.39 is 4.92 Å². The van der Waals surface area contributed by atoms with Crippen molar-refractivity contribution in [2.75, 3.05) is 12.4 Å². The fraction of sp³-hybridized carbons (Fsp3) is 0.417. The minimum Gasteiger partial charge on any atom is -0.383 e. The summed E-state index contributed by atoms with van der Waals surface area (Å²) in [6.45, 7) is 0. The molecule has 96 valence electrons. The van der Waals surface area contributed by atoms with E-state index in [0.29, 0.717) is 11.3 Å². The third-order valence-electron chi connectivity index (χ3n) is 3.17. The highest BCUT2D eigenvalue weighted by molar-refractivity contribution is 5.96. The van der Waals surface area contributed by atoms with Gasteiger partial charge in [0, 0.05) is 24.7 Å². The van der Waals surface area contributed by atoms with Crippen molar-refractivity contribution in [2.24, 2.45) is 0 Å². The Morgan fingerprint density at radius 3 is 2.67 bits per heavy atom. The van der Waals surface area contributed by atoms with Gasteiger partial charge in [-0.25, -0.2) is 0 Å². The molecule has 0 aromatic heterocycles. The van der Waals surface area contributed by atoms with Crippen LogP contribution < -0.4 is 10.6 Å². The quantitative estimate of drug-likeness (QED) is 0.630. The van der Waals surface area contributed by atoms with Crippen LogP contribution in [0.3, 0.4) is 0 Å². The Bertz CT molecular complexity index is 483. The van der Waals surface area contributed by atoms with Gasteiger partial charge in [0.2, 0.25) is 0 Å². The van der Waals surface area contributed by atoms with Gasteiger partial charge in [0.25, 0.3) is 11.6 Å². The highest BCUT2D eigenvalue weighted by Gasteiger charge is 2.22. The molecule has 0 radical (unpaired) electrons. The predicted molar refractivity (Wildman–Crippen MR) is 67.7 cm³/mol. The van der Waals surface area contributed by atoms with Crippen molar-refractivity contribution in [3.05, 3.63) is 33.9 Å². The monoisotopic (exact) mass is 249 g/mol. The maximum atomic E-state index is 11.9. The second-order valence-corrected chi connectivity index (χ2v) is 4.34. The summed E-state index contributed by atoms with van der Waals surface area (Å²) in [7, 11) is 1.61. The van der Waals surface area contributed by atoms with E-state index in [2.05, 4.69) is 10.6 Å². The normalized spacial score (nSPS) is 14.7. The van der Waals surface area contributed by atoms with E-state index in [1.165, 1.54) is 6.07 Å². The third kappa shape index (κ3) is 2.42. The lowest BCUT2D eigenvalue weighted by atomic mass is 9.93. The van der Waals surface area contributed by atoms with E-state index in [0.717, 1.165) is 19.3 Å². The second kappa shape index (κ2) is 5.03. The number of anilines is 1. The lowest BCUT2D eigenvalue weighted by Crippen LogP contribution is -2.39. The van der Waals surface area contributed by atoms with Gasteiger partial charge in [-0.05, 0) is 31.4 Å². The fourth-order valence-corrected chi connectivity index (χ4v) is 1.86. The standard InChI is InChI=1S/C12H15N3O3/c1-13-10-6-5-8(7-11(10)15(17)18)12(16)14-9-3-2-4-9/h5-7,9,13H,2-4H2,1H3,(H,14,16). The molecule has 0 heterocycles. The van der Waals surface area contributed by atoms with Gasteiger partial charge in [0.1, 0.15) is 5.69 Å². The van der Waals surface area contributed by atoms with Gasteiger partial charge in [0.05, 0.1) is 4.92 Å². The molecule has 1 aromatic carbocycles. The van der Waals surface area contributed by atoms with Crippen LogP contribution >= 0.6 is 0 Å². The summed E-state index contributed by atoms with van der Waals surface area (Å²) < 4.78 is 0. The van der Waals surface area contributed by atoms with E-state index in [1.807, 2.05) is 0 Å². The lowest BCUT2D eigenvalue weighted by molar-refractivity contribution is -0.384. The van der Waals surface area contributed by atoms with Crippen LogP contribution in [0.4, 0.5) is 11.4 Å². The zero-order chi connectivity index (χ0) is 13.1. The van der Waals surface area contributed by atoms with Gasteiger partial charge >= 0.3 is 0 Å². The molecule has 1 aliphatic rings. The number of nitro groups is 1. The highest BCUT2D eigenvalue weighted by atomic mass is 16.6. The minimum atomic E-state index is -0.494. The first-order valence-electron chi connectivity index (χ1n) is 5.89. The van der Waals surface area contributed by atoms with Crippen LogP contribution in [0.15, 0.2) is 18.2 Å². The number of carbonyl (C=O) groups is 1. The first-order chi connectivity index (χ1) is 8.61. The SMILES string of the molecule is CNc1ccc(C(=O)NC2CCC2)cc1[N+](=O)[O-]. The summed E-state index contributed by atoms with van der Waals surface area (Å²) >= 11 is 0. The number of rotatable bonds is 4. The molecule has 1 amide bonds. The molecule has 1 saturated carbocycles. The van der Waals surface area contributed by atoms with Crippen LogP contribution in [0.1, 0.15) is 29.6 Å². The molecule has 0 atom stereocenters. The van der Waals surface area contributed by atoms with Crippen LogP contribution in [0.2, 0.25) is 0 Å². The number of nitrogens with zero attached hydrogens (tertiary/aromatic N) is 1. The van der Waals surface area contributed by atoms with E-state index >= 15 is 0 Å². The van der Waals surface area contributed by atoms with Crippen LogP contribution in [-0.2, 0) is 0 Å².